The van der Waals surface area contributed by atoms with Gasteiger partial charge in [-0.25, -0.2) is 4.98 Å². The van der Waals surface area contributed by atoms with Gasteiger partial charge in [-0.2, -0.15) is 0 Å². The number of hydrogen-bond acceptors (Lipinski definition) is 4. The molecule has 0 spiro atoms. The molecule has 2 aromatic rings. The Morgan fingerprint density at radius 3 is 2.81 bits per heavy atom. The average molecular weight is 423 g/mol. The van der Waals surface area contributed by atoms with Crippen molar-refractivity contribution in [2.75, 3.05) is 13.1 Å². The molecule has 7 nitrogen and oxygen atoms in total. The van der Waals surface area contributed by atoms with Crippen LogP contribution in [0.1, 0.15) is 55.8 Å². The highest BCUT2D eigenvalue weighted by atomic mass is 16.2. The molecule has 3 saturated heterocycles. The maximum atomic E-state index is 13.4. The molecule has 2 amide bonds. The van der Waals surface area contributed by atoms with E-state index in [-0.39, 0.29) is 23.6 Å². The summed E-state index contributed by atoms with van der Waals surface area (Å²) in [5.74, 6) is 1.01. The standard InChI is InChI=1S/C24H30N4O3/c1-3-5-20-16-10-17(21-6-4-7-22(29)28(20)21)13-27(12-16)23(30)15-8-9-18-19(11-15)25-14-26(2)24(18)31/h8-9,11,14,16-17,20-21H,3-7,10,12-13H2,1-2H3/t16-,17+,20-,21-/m0/s1. The fourth-order valence-electron chi connectivity index (χ4n) is 6.14. The molecule has 3 fully saturated rings. The van der Waals surface area contributed by atoms with Gasteiger partial charge >= 0.3 is 0 Å². The third kappa shape index (κ3) is 3.34. The number of nitrogens with zero attached hydrogens (tertiary/aromatic N) is 4. The number of benzene rings is 1. The summed E-state index contributed by atoms with van der Waals surface area (Å²) in [5, 5.41) is 0.524. The lowest BCUT2D eigenvalue weighted by Gasteiger charge is -2.56. The molecule has 7 heteroatoms. The summed E-state index contributed by atoms with van der Waals surface area (Å²) in [6.07, 6.45) is 7.33. The Balaban J connectivity index is 1.44. The Kier molecular flexibility index (Phi) is 5.07. The fourth-order valence-corrected chi connectivity index (χ4v) is 6.14. The second-order valence-electron chi connectivity index (χ2n) is 9.48. The number of fused-ring (bicyclic) bond motifs is 5. The third-order valence-electron chi connectivity index (χ3n) is 7.53. The van der Waals surface area contributed by atoms with E-state index in [0.717, 1.165) is 32.1 Å². The van der Waals surface area contributed by atoms with Crippen LogP contribution in [-0.4, -0.2) is 56.3 Å². The predicted molar refractivity (Wildman–Crippen MR) is 118 cm³/mol. The van der Waals surface area contributed by atoms with Crippen molar-refractivity contribution in [1.82, 2.24) is 19.4 Å². The first kappa shape index (κ1) is 20.2. The first-order chi connectivity index (χ1) is 15.0. The highest BCUT2D eigenvalue weighted by Gasteiger charge is 2.49. The normalized spacial score (nSPS) is 28.0. The lowest BCUT2D eigenvalue weighted by Crippen LogP contribution is -2.65. The van der Waals surface area contributed by atoms with Crippen molar-refractivity contribution in [3.63, 3.8) is 0 Å². The van der Waals surface area contributed by atoms with Crippen molar-refractivity contribution in [3.8, 4) is 0 Å². The summed E-state index contributed by atoms with van der Waals surface area (Å²) in [6, 6.07) is 5.72. The molecule has 2 bridgehead atoms. The first-order valence-electron chi connectivity index (χ1n) is 11.5. The van der Waals surface area contributed by atoms with E-state index in [9.17, 15) is 14.4 Å². The van der Waals surface area contributed by atoms with E-state index in [0.29, 0.717) is 53.7 Å². The van der Waals surface area contributed by atoms with Gasteiger partial charge in [0.15, 0.2) is 0 Å². The monoisotopic (exact) mass is 422 g/mol. The van der Waals surface area contributed by atoms with E-state index in [1.807, 2.05) is 4.90 Å². The summed E-state index contributed by atoms with van der Waals surface area (Å²) in [4.78, 5) is 47.0. The van der Waals surface area contributed by atoms with E-state index in [1.54, 1.807) is 25.2 Å². The van der Waals surface area contributed by atoms with Crippen LogP contribution < -0.4 is 5.56 Å². The maximum Gasteiger partial charge on any atom is 0.260 e. The maximum absolute atomic E-state index is 13.4. The van der Waals surface area contributed by atoms with Gasteiger partial charge in [0.2, 0.25) is 5.91 Å². The first-order valence-corrected chi connectivity index (χ1v) is 11.5. The largest absolute Gasteiger partial charge is 0.338 e. The zero-order valence-electron chi connectivity index (χ0n) is 18.3. The molecule has 0 N–H and O–H groups in total. The average Bonchev–Trinajstić information content (AvgIpc) is 2.78. The lowest BCUT2D eigenvalue weighted by atomic mass is 9.71. The van der Waals surface area contributed by atoms with Gasteiger partial charge in [0.25, 0.3) is 11.5 Å². The number of carbonyl (C=O) groups is 2. The Labute approximate surface area is 182 Å². The Bertz CT molecular complexity index is 1090. The Hall–Kier alpha value is -2.70. The topological polar surface area (TPSA) is 75.5 Å². The number of aromatic nitrogens is 2. The van der Waals surface area contributed by atoms with Crippen molar-refractivity contribution in [2.24, 2.45) is 18.9 Å². The summed E-state index contributed by atoms with van der Waals surface area (Å²) >= 11 is 0. The van der Waals surface area contributed by atoms with E-state index in [4.69, 9.17) is 0 Å². The zero-order valence-corrected chi connectivity index (χ0v) is 18.3. The summed E-state index contributed by atoms with van der Waals surface area (Å²) in [6.45, 7) is 3.57. The quantitative estimate of drug-likeness (QED) is 0.762. The molecule has 3 aliphatic heterocycles. The lowest BCUT2D eigenvalue weighted by molar-refractivity contribution is -0.152. The van der Waals surface area contributed by atoms with Gasteiger partial charge in [-0.3, -0.25) is 14.4 Å². The van der Waals surface area contributed by atoms with Crippen molar-refractivity contribution in [1.29, 1.82) is 0 Å². The molecule has 31 heavy (non-hydrogen) atoms. The molecule has 5 rings (SSSR count). The van der Waals surface area contributed by atoms with Gasteiger partial charge in [0.1, 0.15) is 0 Å². The highest BCUT2D eigenvalue weighted by molar-refractivity contribution is 5.97. The van der Waals surface area contributed by atoms with Gasteiger partial charge in [0, 0.05) is 44.2 Å². The smallest absolute Gasteiger partial charge is 0.260 e. The molecule has 0 radical (unpaired) electrons. The molecule has 3 aliphatic rings. The van der Waals surface area contributed by atoms with Crippen LogP contribution in [0.25, 0.3) is 10.9 Å². The third-order valence-corrected chi connectivity index (χ3v) is 7.53. The fraction of sp³-hybridized carbons (Fsp3) is 0.583. The minimum absolute atomic E-state index is 0.00455. The van der Waals surface area contributed by atoms with Crippen molar-refractivity contribution in [3.05, 3.63) is 40.4 Å². The molecule has 0 aliphatic carbocycles. The minimum atomic E-state index is -0.110. The molecule has 0 unspecified atom stereocenters. The van der Waals surface area contributed by atoms with E-state index < -0.39 is 0 Å². The van der Waals surface area contributed by atoms with Crippen LogP contribution in [0.5, 0.6) is 0 Å². The molecule has 1 aromatic carbocycles. The second-order valence-corrected chi connectivity index (χ2v) is 9.48. The molecule has 4 heterocycles. The number of amides is 2. The predicted octanol–water partition coefficient (Wildman–Crippen LogP) is 2.58. The zero-order chi connectivity index (χ0) is 21.7. The molecular formula is C24H30N4O3. The number of carbonyl (C=O) groups excluding carboxylic acids is 2. The summed E-state index contributed by atoms with van der Waals surface area (Å²) in [7, 11) is 1.67. The van der Waals surface area contributed by atoms with Crippen LogP contribution in [0.2, 0.25) is 0 Å². The Morgan fingerprint density at radius 1 is 1.19 bits per heavy atom. The van der Waals surface area contributed by atoms with Crippen molar-refractivity contribution >= 4 is 22.7 Å². The molecule has 164 valence electrons. The van der Waals surface area contributed by atoms with Crippen LogP contribution >= 0.6 is 0 Å². The van der Waals surface area contributed by atoms with E-state index >= 15 is 0 Å². The molecule has 4 atom stereocenters. The van der Waals surface area contributed by atoms with Crippen LogP contribution in [0, 0.1) is 11.8 Å². The van der Waals surface area contributed by atoms with Gasteiger partial charge < -0.3 is 14.4 Å². The molecule has 0 saturated carbocycles. The number of rotatable bonds is 3. The molecule has 1 aromatic heterocycles. The second kappa shape index (κ2) is 7.77. The SMILES string of the molecule is CCC[C@H]1[C@H]2C[C@H](CN(C(=O)c3ccc4c(=O)n(C)cnc4c3)C2)[C@@H]2CCCC(=O)N21. The van der Waals surface area contributed by atoms with Crippen molar-refractivity contribution in [2.45, 2.75) is 57.5 Å². The van der Waals surface area contributed by atoms with Gasteiger partial charge in [0.05, 0.1) is 17.2 Å². The number of likely N-dealkylation sites (tertiary alicyclic amines) is 1. The van der Waals surface area contributed by atoms with Gasteiger partial charge in [-0.1, -0.05) is 13.3 Å². The van der Waals surface area contributed by atoms with Crippen molar-refractivity contribution < 1.29 is 9.59 Å². The van der Waals surface area contributed by atoms with E-state index in [2.05, 4.69) is 16.8 Å². The van der Waals surface area contributed by atoms with Crippen LogP contribution in [0.3, 0.4) is 0 Å². The highest BCUT2D eigenvalue weighted by Crippen LogP contribution is 2.43. The van der Waals surface area contributed by atoms with Gasteiger partial charge in [-0.05, 0) is 55.7 Å². The number of aryl methyl sites for hydroxylation is 1. The summed E-state index contributed by atoms with van der Waals surface area (Å²) < 4.78 is 1.45. The molecular weight excluding hydrogens is 392 g/mol. The summed E-state index contributed by atoms with van der Waals surface area (Å²) in [5.41, 5.74) is 1.02. The van der Waals surface area contributed by atoms with Crippen LogP contribution in [-0.2, 0) is 11.8 Å². The van der Waals surface area contributed by atoms with E-state index in [1.165, 1.54) is 10.9 Å². The number of hydrogen-bond donors (Lipinski definition) is 0. The Morgan fingerprint density at radius 2 is 2.00 bits per heavy atom. The van der Waals surface area contributed by atoms with Crippen LogP contribution in [0.4, 0.5) is 0 Å². The van der Waals surface area contributed by atoms with Gasteiger partial charge in [-0.15, -0.1) is 0 Å². The minimum Gasteiger partial charge on any atom is -0.338 e. The number of piperidine rings is 3. The van der Waals surface area contributed by atoms with Crippen LogP contribution in [0.15, 0.2) is 29.3 Å².